The summed E-state index contributed by atoms with van der Waals surface area (Å²) >= 11 is 1.54. The largest absolute Gasteiger partial charge is 0.317 e. The average Bonchev–Trinajstić information content (AvgIpc) is 2.64. The Kier molecular flexibility index (Phi) is 3.46. The van der Waals surface area contributed by atoms with Gasteiger partial charge in [-0.3, -0.25) is 4.79 Å². The topological polar surface area (TPSA) is 56.1 Å². The second-order valence-corrected chi connectivity index (χ2v) is 5.31. The van der Waals surface area contributed by atoms with Crippen molar-refractivity contribution in [3.8, 4) is 6.07 Å². The molecule has 0 fully saturated rings. The number of nitrogens with one attached hydrogen (secondary N) is 1. The number of likely N-dealkylation sites (N-methyl/N-ethyl adjacent to an activating group) is 1. The Bertz CT molecular complexity index is 487. The first kappa shape index (κ1) is 12.1. The fourth-order valence-corrected chi connectivity index (χ4v) is 3.25. The Hall–Kier alpha value is -1.38. The summed E-state index contributed by atoms with van der Waals surface area (Å²) in [5.74, 6) is -0.0338. The number of hydrogen-bond acceptors (Lipinski definition) is 4. The molecule has 0 aliphatic carbocycles. The minimum absolute atomic E-state index is 0.0338. The van der Waals surface area contributed by atoms with Gasteiger partial charge in [-0.15, -0.1) is 11.3 Å². The van der Waals surface area contributed by atoms with Crippen LogP contribution in [-0.4, -0.2) is 24.4 Å². The Morgan fingerprint density at radius 2 is 2.41 bits per heavy atom. The fraction of sp³-hybridized carbons (Fsp3) is 0.500. The summed E-state index contributed by atoms with van der Waals surface area (Å²) in [6.07, 6.45) is 1.33. The van der Waals surface area contributed by atoms with Crippen molar-refractivity contribution >= 4 is 22.2 Å². The molecular weight excluding hydrogens is 234 g/mol. The lowest BCUT2D eigenvalue weighted by atomic mass is 10.0. The summed E-state index contributed by atoms with van der Waals surface area (Å²) in [5.41, 5.74) is 1.79. The normalized spacial score (nSPS) is 15.1. The van der Waals surface area contributed by atoms with Crippen LogP contribution in [-0.2, 0) is 17.8 Å². The van der Waals surface area contributed by atoms with Gasteiger partial charge in [0.2, 0.25) is 5.91 Å². The number of amides is 1. The molecule has 0 saturated carbocycles. The molecule has 1 N–H and O–H groups in total. The van der Waals surface area contributed by atoms with Crippen LogP contribution in [0.1, 0.15) is 29.3 Å². The van der Waals surface area contributed by atoms with Crippen molar-refractivity contribution in [1.82, 2.24) is 4.90 Å². The van der Waals surface area contributed by atoms with Crippen molar-refractivity contribution in [2.24, 2.45) is 0 Å². The molecule has 17 heavy (non-hydrogen) atoms. The predicted molar refractivity (Wildman–Crippen MR) is 68.0 cm³/mol. The molecule has 0 atom stereocenters. The van der Waals surface area contributed by atoms with Crippen LogP contribution < -0.4 is 5.32 Å². The van der Waals surface area contributed by atoms with Gasteiger partial charge in [-0.05, 0) is 19.0 Å². The van der Waals surface area contributed by atoms with Gasteiger partial charge < -0.3 is 10.2 Å². The Morgan fingerprint density at radius 3 is 3.06 bits per heavy atom. The maximum Gasteiger partial charge on any atom is 0.224 e. The number of anilines is 1. The molecule has 0 unspecified atom stereocenters. The number of hydrogen-bond donors (Lipinski definition) is 1. The molecule has 0 spiro atoms. The Morgan fingerprint density at radius 1 is 1.65 bits per heavy atom. The van der Waals surface area contributed by atoms with E-state index in [2.05, 4.69) is 23.3 Å². The van der Waals surface area contributed by atoms with Crippen molar-refractivity contribution in [3.63, 3.8) is 0 Å². The van der Waals surface area contributed by atoms with Crippen LogP contribution in [0.4, 0.5) is 5.00 Å². The van der Waals surface area contributed by atoms with E-state index in [1.807, 2.05) is 6.92 Å². The molecule has 1 aromatic heterocycles. The van der Waals surface area contributed by atoms with E-state index in [9.17, 15) is 10.1 Å². The van der Waals surface area contributed by atoms with Crippen LogP contribution in [0, 0.1) is 11.3 Å². The third-order valence-corrected chi connectivity index (χ3v) is 4.07. The van der Waals surface area contributed by atoms with Crippen LogP contribution >= 0.6 is 11.3 Å². The first-order valence-corrected chi connectivity index (χ1v) is 6.50. The SMILES string of the molecule is CCC(=O)Nc1sc2c(c1C#N)CCN(C)C2. The van der Waals surface area contributed by atoms with E-state index >= 15 is 0 Å². The monoisotopic (exact) mass is 249 g/mol. The molecule has 2 rings (SSSR count). The van der Waals surface area contributed by atoms with Gasteiger partial charge in [-0.1, -0.05) is 6.92 Å². The van der Waals surface area contributed by atoms with Crippen molar-refractivity contribution in [3.05, 3.63) is 16.0 Å². The zero-order valence-electron chi connectivity index (χ0n) is 10.0. The zero-order valence-corrected chi connectivity index (χ0v) is 10.9. The highest BCUT2D eigenvalue weighted by Gasteiger charge is 2.23. The molecule has 0 aromatic carbocycles. The predicted octanol–water partition coefficient (Wildman–Crippen LogP) is 1.96. The zero-order chi connectivity index (χ0) is 12.4. The van der Waals surface area contributed by atoms with Crippen molar-refractivity contribution < 1.29 is 4.79 Å². The van der Waals surface area contributed by atoms with E-state index in [4.69, 9.17) is 0 Å². The summed E-state index contributed by atoms with van der Waals surface area (Å²) in [6.45, 7) is 3.65. The molecule has 90 valence electrons. The van der Waals surface area contributed by atoms with E-state index in [-0.39, 0.29) is 5.91 Å². The van der Waals surface area contributed by atoms with Gasteiger partial charge >= 0.3 is 0 Å². The molecule has 1 amide bonds. The van der Waals surface area contributed by atoms with Gasteiger partial charge in [0.25, 0.3) is 0 Å². The first-order valence-electron chi connectivity index (χ1n) is 5.68. The summed E-state index contributed by atoms with van der Waals surface area (Å²) in [6, 6.07) is 2.23. The third-order valence-electron chi connectivity index (χ3n) is 2.93. The van der Waals surface area contributed by atoms with E-state index in [1.165, 1.54) is 16.2 Å². The number of thiophene rings is 1. The lowest BCUT2D eigenvalue weighted by molar-refractivity contribution is -0.115. The fourth-order valence-electron chi connectivity index (χ4n) is 1.95. The molecule has 1 aliphatic heterocycles. The average molecular weight is 249 g/mol. The number of fused-ring (bicyclic) bond motifs is 1. The molecule has 0 radical (unpaired) electrons. The maximum absolute atomic E-state index is 11.4. The van der Waals surface area contributed by atoms with Crippen molar-refractivity contribution in [2.45, 2.75) is 26.3 Å². The summed E-state index contributed by atoms with van der Waals surface area (Å²) < 4.78 is 0. The molecular formula is C12H15N3OS. The van der Waals surface area contributed by atoms with Crippen molar-refractivity contribution in [2.75, 3.05) is 18.9 Å². The minimum Gasteiger partial charge on any atom is -0.317 e. The minimum atomic E-state index is -0.0338. The second kappa shape index (κ2) is 4.86. The molecule has 1 aliphatic rings. The van der Waals surface area contributed by atoms with Gasteiger partial charge in [-0.25, -0.2) is 0 Å². The molecule has 0 bridgehead atoms. The van der Waals surface area contributed by atoms with E-state index in [0.29, 0.717) is 12.0 Å². The van der Waals surface area contributed by atoms with E-state index < -0.39 is 0 Å². The van der Waals surface area contributed by atoms with E-state index in [1.54, 1.807) is 0 Å². The lowest BCUT2D eigenvalue weighted by Crippen LogP contribution is -2.25. The van der Waals surface area contributed by atoms with Crippen LogP contribution in [0.2, 0.25) is 0 Å². The smallest absolute Gasteiger partial charge is 0.224 e. The second-order valence-electron chi connectivity index (χ2n) is 4.21. The van der Waals surface area contributed by atoms with Gasteiger partial charge in [0.05, 0.1) is 5.56 Å². The quantitative estimate of drug-likeness (QED) is 0.871. The maximum atomic E-state index is 11.4. The standard InChI is InChI=1S/C12H15N3OS/c1-3-11(16)14-12-9(6-13)8-4-5-15(2)7-10(8)17-12/h3-5,7H2,1-2H3,(H,14,16). The first-order chi connectivity index (χ1) is 8.15. The highest BCUT2D eigenvalue weighted by Crippen LogP contribution is 2.36. The molecule has 5 heteroatoms. The third kappa shape index (κ3) is 2.33. The number of carbonyl (C=O) groups is 1. The van der Waals surface area contributed by atoms with Gasteiger partial charge in [0.15, 0.2) is 0 Å². The van der Waals surface area contributed by atoms with Crippen LogP contribution in [0.3, 0.4) is 0 Å². The highest BCUT2D eigenvalue weighted by molar-refractivity contribution is 7.16. The van der Waals surface area contributed by atoms with Crippen molar-refractivity contribution in [1.29, 1.82) is 5.26 Å². The van der Waals surface area contributed by atoms with Crippen LogP contribution in [0.15, 0.2) is 0 Å². The van der Waals surface area contributed by atoms with Gasteiger partial charge in [0.1, 0.15) is 11.1 Å². The van der Waals surface area contributed by atoms with Gasteiger partial charge in [-0.2, -0.15) is 5.26 Å². The molecule has 4 nitrogen and oxygen atoms in total. The summed E-state index contributed by atoms with van der Waals surface area (Å²) in [7, 11) is 2.07. The number of carbonyl (C=O) groups excluding carboxylic acids is 1. The molecule has 0 saturated heterocycles. The number of rotatable bonds is 2. The number of nitriles is 1. The van der Waals surface area contributed by atoms with E-state index in [0.717, 1.165) is 30.1 Å². The molecule has 2 heterocycles. The Labute approximate surface area is 105 Å². The summed E-state index contributed by atoms with van der Waals surface area (Å²) in [4.78, 5) is 14.8. The highest BCUT2D eigenvalue weighted by atomic mass is 32.1. The molecule has 1 aromatic rings. The van der Waals surface area contributed by atoms with Gasteiger partial charge in [0, 0.05) is 24.4 Å². The van der Waals surface area contributed by atoms with Crippen LogP contribution in [0.25, 0.3) is 0 Å². The van der Waals surface area contributed by atoms with Crippen LogP contribution in [0.5, 0.6) is 0 Å². The summed E-state index contributed by atoms with van der Waals surface area (Å²) in [5, 5.41) is 12.8. The Balaban J connectivity index is 2.34. The number of nitrogens with zero attached hydrogens (tertiary/aromatic N) is 2. The lowest BCUT2D eigenvalue weighted by Gasteiger charge is -2.21.